The van der Waals surface area contributed by atoms with E-state index in [4.69, 9.17) is 6.42 Å². The van der Waals surface area contributed by atoms with Gasteiger partial charge in [-0.2, -0.15) is 0 Å². The molecule has 0 saturated carbocycles. The molecule has 2 aliphatic rings. The number of hydrogen-bond donors (Lipinski definition) is 1. The van der Waals surface area contributed by atoms with Crippen LogP contribution in [0.4, 0.5) is 0 Å². The molecule has 2 saturated heterocycles. The summed E-state index contributed by atoms with van der Waals surface area (Å²) in [6.07, 6.45) is 16.0. The molecule has 4 rings (SSSR count). The molecule has 3 heterocycles. The summed E-state index contributed by atoms with van der Waals surface area (Å²) >= 11 is 0. The maximum atomic E-state index is 11.2. The molecule has 1 aromatic heterocycles. The van der Waals surface area contributed by atoms with Gasteiger partial charge in [0, 0.05) is 50.0 Å². The van der Waals surface area contributed by atoms with Gasteiger partial charge >= 0.3 is 0 Å². The number of carbonyl (C=O) groups is 2. The van der Waals surface area contributed by atoms with Gasteiger partial charge in [-0.3, -0.25) is 9.69 Å². The van der Waals surface area contributed by atoms with Crippen molar-refractivity contribution >= 4 is 12.7 Å². The maximum absolute atomic E-state index is 11.2. The molecule has 0 bridgehead atoms. The fourth-order valence-corrected chi connectivity index (χ4v) is 6.61. The van der Waals surface area contributed by atoms with E-state index in [1.54, 1.807) is 0 Å². The highest BCUT2D eigenvalue weighted by molar-refractivity contribution is 5.49. The lowest BCUT2D eigenvalue weighted by molar-refractivity contribution is -0.110. The Bertz CT molecular complexity index is 1140. The Kier molecular flexibility index (Phi) is 17.7. The first-order valence-electron chi connectivity index (χ1n) is 17.1. The van der Waals surface area contributed by atoms with Crippen LogP contribution in [0.15, 0.2) is 30.3 Å². The normalized spacial score (nSPS) is 21.2. The van der Waals surface area contributed by atoms with E-state index in [1.165, 1.54) is 37.9 Å². The zero-order valence-corrected chi connectivity index (χ0v) is 29.1. The van der Waals surface area contributed by atoms with Crippen LogP contribution in [-0.2, 0) is 9.59 Å². The highest BCUT2D eigenvalue weighted by atomic mass is 16.1. The van der Waals surface area contributed by atoms with Crippen LogP contribution in [0.1, 0.15) is 128 Å². The topological polar surface area (TPSA) is 83.4 Å². The Balaban J connectivity index is 0.000000384. The molecule has 0 aliphatic carbocycles. The minimum absolute atomic E-state index is 0.0576. The summed E-state index contributed by atoms with van der Waals surface area (Å²) in [6.45, 7) is 16.9. The van der Waals surface area contributed by atoms with Gasteiger partial charge in [0.1, 0.15) is 17.9 Å². The summed E-state index contributed by atoms with van der Waals surface area (Å²) in [7, 11) is 2.18. The number of nitrogens with one attached hydrogen (secondary N) is 1. The Labute approximate surface area is 273 Å². The fourth-order valence-electron chi connectivity index (χ4n) is 6.61. The Hall–Kier alpha value is -3.02. The minimum atomic E-state index is 0.0576. The Morgan fingerprint density at radius 2 is 1.80 bits per heavy atom. The molecule has 45 heavy (non-hydrogen) atoms. The average Bonchev–Trinajstić information content (AvgIpc) is 3.71. The quantitative estimate of drug-likeness (QED) is 0.143. The van der Waals surface area contributed by atoms with Crippen LogP contribution < -0.4 is 5.32 Å². The summed E-state index contributed by atoms with van der Waals surface area (Å²) in [6, 6.07) is 11.8. The number of terminal acetylenes is 1. The Morgan fingerprint density at radius 1 is 1.07 bits per heavy atom. The summed E-state index contributed by atoms with van der Waals surface area (Å²) < 4.78 is 2.33. The van der Waals surface area contributed by atoms with Crippen LogP contribution in [0.2, 0.25) is 0 Å². The van der Waals surface area contributed by atoms with E-state index in [-0.39, 0.29) is 6.04 Å². The third-order valence-electron chi connectivity index (χ3n) is 9.08. The molecule has 250 valence electrons. The van der Waals surface area contributed by atoms with Gasteiger partial charge in [-0.05, 0) is 90.8 Å². The predicted octanol–water partition coefficient (Wildman–Crippen LogP) is 6.73. The number of unbranched alkanes of at least 4 members (excludes halogenated alkanes) is 3. The minimum Gasteiger partial charge on any atom is -0.352 e. The van der Waals surface area contributed by atoms with E-state index in [9.17, 15) is 9.59 Å². The molecule has 2 fully saturated rings. The predicted molar refractivity (Wildman–Crippen MR) is 185 cm³/mol. The van der Waals surface area contributed by atoms with Crippen LogP contribution in [0.3, 0.4) is 0 Å². The number of aryl methyl sites for hydroxylation is 1. The van der Waals surface area contributed by atoms with Crippen molar-refractivity contribution in [2.24, 2.45) is 5.92 Å². The van der Waals surface area contributed by atoms with Gasteiger partial charge < -0.3 is 19.6 Å². The first kappa shape index (κ1) is 38.2. The van der Waals surface area contributed by atoms with E-state index in [0.29, 0.717) is 30.5 Å². The first-order valence-corrected chi connectivity index (χ1v) is 17.1. The van der Waals surface area contributed by atoms with Crippen LogP contribution in [0.25, 0.3) is 0 Å². The molecular weight excluding hydrogens is 560 g/mol. The Morgan fingerprint density at radius 3 is 2.36 bits per heavy atom. The molecule has 5 atom stereocenters. The molecule has 8 heteroatoms. The van der Waals surface area contributed by atoms with E-state index in [0.717, 1.165) is 68.9 Å². The maximum Gasteiger partial charge on any atom is 0.207 e. The molecule has 1 aromatic carbocycles. The molecule has 1 amide bonds. The van der Waals surface area contributed by atoms with Crippen molar-refractivity contribution in [2.75, 3.05) is 26.7 Å². The zero-order chi connectivity index (χ0) is 33.2. The highest BCUT2D eigenvalue weighted by Gasteiger charge is 2.33. The van der Waals surface area contributed by atoms with Crippen LogP contribution in [0.5, 0.6) is 0 Å². The number of benzene rings is 1. The summed E-state index contributed by atoms with van der Waals surface area (Å²) in [4.78, 5) is 25.9. The summed E-state index contributed by atoms with van der Waals surface area (Å²) in [5, 5.41) is 11.8. The van der Waals surface area contributed by atoms with Gasteiger partial charge in [-0.15, -0.1) is 22.5 Å². The lowest BCUT2D eigenvalue weighted by Gasteiger charge is -2.32. The monoisotopic (exact) mass is 620 g/mol. The zero-order valence-electron chi connectivity index (χ0n) is 29.1. The number of nitrogens with zero attached hydrogens (tertiary/aromatic N) is 5. The van der Waals surface area contributed by atoms with Crippen molar-refractivity contribution in [3.8, 4) is 12.3 Å². The second kappa shape index (κ2) is 20.9. The third-order valence-corrected chi connectivity index (χ3v) is 9.08. The SMILES string of the molecule is C#CCCCCC=O.C[C@@H]1CCN(C)C1.Cc1nnc(C(C)C)n1C(C)CC1CCC(C)N1CCC(NC=O)c1ccccc1. The van der Waals surface area contributed by atoms with Crippen molar-refractivity contribution < 1.29 is 9.59 Å². The second-order valence-electron chi connectivity index (χ2n) is 13.3. The van der Waals surface area contributed by atoms with E-state index in [2.05, 4.69) is 96.5 Å². The molecular formula is C37H60N6O2. The van der Waals surface area contributed by atoms with Crippen molar-refractivity contribution in [1.82, 2.24) is 29.9 Å². The van der Waals surface area contributed by atoms with Crippen molar-refractivity contribution in [3.63, 3.8) is 0 Å². The number of likely N-dealkylation sites (tertiary alicyclic amines) is 2. The van der Waals surface area contributed by atoms with E-state index >= 15 is 0 Å². The van der Waals surface area contributed by atoms with Gasteiger partial charge in [0.05, 0.1) is 6.04 Å². The number of rotatable bonds is 14. The number of carbonyl (C=O) groups excluding carboxylic acids is 2. The summed E-state index contributed by atoms with van der Waals surface area (Å²) in [5.41, 5.74) is 1.17. The number of hydrogen-bond acceptors (Lipinski definition) is 6. The highest BCUT2D eigenvalue weighted by Crippen LogP contribution is 2.32. The van der Waals surface area contributed by atoms with Crippen molar-refractivity contribution in [2.45, 2.75) is 129 Å². The molecule has 8 nitrogen and oxygen atoms in total. The van der Waals surface area contributed by atoms with Gasteiger partial charge in [0.2, 0.25) is 6.41 Å². The molecule has 4 unspecified atom stereocenters. The molecule has 2 aromatic rings. The molecule has 1 N–H and O–H groups in total. The van der Waals surface area contributed by atoms with Crippen LogP contribution in [0, 0.1) is 25.2 Å². The second-order valence-corrected chi connectivity index (χ2v) is 13.3. The van der Waals surface area contributed by atoms with Crippen molar-refractivity contribution in [3.05, 3.63) is 47.5 Å². The summed E-state index contributed by atoms with van der Waals surface area (Å²) in [5.74, 6) is 5.91. The molecule has 0 spiro atoms. The van der Waals surface area contributed by atoms with E-state index in [1.807, 2.05) is 18.2 Å². The lowest BCUT2D eigenvalue weighted by atomic mass is 10.0. The van der Waals surface area contributed by atoms with Crippen LogP contribution >= 0.6 is 0 Å². The van der Waals surface area contributed by atoms with Crippen LogP contribution in [-0.4, -0.2) is 76.0 Å². The van der Waals surface area contributed by atoms with Gasteiger partial charge in [-0.1, -0.05) is 51.1 Å². The standard InChI is InChI=1S/C24H37N5O.C7H10O.C6H13N/c1-17(2)24-27-26-20(5)29(24)19(4)15-22-12-11-18(3)28(22)14-13-23(25-16-30)21-9-7-6-8-10-21;1-2-3-4-5-6-7-8;1-6-3-4-7(2)5-6/h6-10,16-19,22-23H,11-15H2,1-5H3,(H,25,30);1,7H,3-6H2;6H,3-5H2,1-2H3/t;;6-/m..1/s1. The smallest absolute Gasteiger partial charge is 0.207 e. The lowest BCUT2D eigenvalue weighted by Crippen LogP contribution is -2.38. The third kappa shape index (κ3) is 13.1. The van der Waals surface area contributed by atoms with Gasteiger partial charge in [-0.25, -0.2) is 0 Å². The van der Waals surface area contributed by atoms with Gasteiger partial charge in [0.25, 0.3) is 0 Å². The van der Waals surface area contributed by atoms with E-state index < -0.39 is 0 Å². The first-order chi connectivity index (χ1) is 21.6. The average molecular weight is 621 g/mol. The molecule has 2 aliphatic heterocycles. The largest absolute Gasteiger partial charge is 0.352 e. The molecule has 0 radical (unpaired) electrons. The number of aromatic nitrogens is 3. The van der Waals surface area contributed by atoms with Crippen molar-refractivity contribution in [1.29, 1.82) is 0 Å². The fraction of sp³-hybridized carbons (Fsp3) is 0.676. The number of aldehydes is 1. The van der Waals surface area contributed by atoms with Gasteiger partial charge in [0.15, 0.2) is 0 Å². The number of amides is 1.